The molecule has 0 aliphatic carbocycles. The molecule has 1 unspecified atom stereocenters. The molecule has 0 radical (unpaired) electrons. The molecule has 1 rings (SSSR count). The summed E-state index contributed by atoms with van der Waals surface area (Å²) < 4.78 is 36.3. The Morgan fingerprint density at radius 2 is 1.67 bits per heavy atom. The fourth-order valence-electron chi connectivity index (χ4n) is 0.0962. The summed E-state index contributed by atoms with van der Waals surface area (Å²) in [6, 6.07) is 0. The van der Waals surface area contributed by atoms with Crippen LogP contribution in [-0.4, -0.2) is 30.2 Å². The summed E-state index contributed by atoms with van der Waals surface area (Å²) in [5.74, 6) is 0. The number of rotatable bonds is 0. The summed E-state index contributed by atoms with van der Waals surface area (Å²) >= 11 is 0. The third-order valence-electron chi connectivity index (χ3n) is 0.500. The lowest BCUT2D eigenvalue weighted by Crippen LogP contribution is -1.89. The van der Waals surface area contributed by atoms with Gasteiger partial charge in [0.15, 0.2) is 0 Å². The van der Waals surface area contributed by atoms with E-state index in [1.807, 2.05) is 0 Å². The van der Waals surface area contributed by atoms with Crippen LogP contribution in [0.15, 0.2) is 0 Å². The van der Waals surface area contributed by atoms with Crippen LogP contribution in [0.5, 0.6) is 0 Å². The first-order valence-electron chi connectivity index (χ1n) is 2.21. The van der Waals surface area contributed by atoms with Gasteiger partial charge >= 0.3 is 10.4 Å². The van der Waals surface area contributed by atoms with E-state index < -0.39 is 10.4 Å². The summed E-state index contributed by atoms with van der Waals surface area (Å²) in [4.78, 5) is 0. The van der Waals surface area contributed by atoms with Gasteiger partial charge in [0.1, 0.15) is 0 Å². The summed E-state index contributed by atoms with van der Waals surface area (Å²) in [7, 11) is -4.67. The van der Waals surface area contributed by atoms with Crippen LogP contribution in [0, 0.1) is 0 Å². The zero-order valence-electron chi connectivity index (χ0n) is 4.81. The molecular formula is C3H8O5S. The first-order chi connectivity index (χ1) is 3.89. The normalized spacial score (nSPS) is 24.1. The van der Waals surface area contributed by atoms with Crippen LogP contribution in [0.2, 0.25) is 0 Å². The minimum Gasteiger partial charge on any atom is -0.373 e. The van der Waals surface area contributed by atoms with Gasteiger partial charge in [-0.05, 0) is 6.92 Å². The first kappa shape index (κ1) is 8.83. The van der Waals surface area contributed by atoms with Gasteiger partial charge in [0.05, 0.1) is 12.7 Å². The Kier molecular flexibility index (Phi) is 3.06. The van der Waals surface area contributed by atoms with E-state index in [0.717, 1.165) is 6.61 Å². The molecule has 0 spiro atoms. The molecule has 0 saturated carbocycles. The number of hydrogen-bond acceptors (Lipinski definition) is 3. The van der Waals surface area contributed by atoms with Crippen molar-refractivity contribution in [2.45, 2.75) is 13.0 Å². The average Bonchev–Trinajstić information content (AvgIpc) is 2.13. The molecule has 0 bridgehead atoms. The number of epoxide rings is 1. The van der Waals surface area contributed by atoms with Crippen molar-refractivity contribution in [3.05, 3.63) is 0 Å². The van der Waals surface area contributed by atoms with Crippen LogP contribution in [0.3, 0.4) is 0 Å². The van der Waals surface area contributed by atoms with Crippen molar-refractivity contribution in [2.24, 2.45) is 0 Å². The van der Waals surface area contributed by atoms with E-state index >= 15 is 0 Å². The minimum atomic E-state index is -4.67. The van der Waals surface area contributed by atoms with E-state index in [-0.39, 0.29) is 0 Å². The number of hydrogen-bond donors (Lipinski definition) is 2. The van der Waals surface area contributed by atoms with Crippen LogP contribution >= 0.6 is 0 Å². The van der Waals surface area contributed by atoms with E-state index in [4.69, 9.17) is 22.3 Å². The van der Waals surface area contributed by atoms with Gasteiger partial charge in [-0.1, -0.05) is 0 Å². The van der Waals surface area contributed by atoms with Gasteiger partial charge in [-0.3, -0.25) is 9.11 Å². The Labute approximate surface area is 53.2 Å². The Balaban J connectivity index is 0.000000144. The van der Waals surface area contributed by atoms with Crippen molar-refractivity contribution in [3.63, 3.8) is 0 Å². The second kappa shape index (κ2) is 3.11. The molecule has 0 aromatic carbocycles. The molecule has 1 atom stereocenters. The van der Waals surface area contributed by atoms with E-state index in [1.54, 1.807) is 0 Å². The standard InChI is InChI=1S/C3H6O.H2O4S/c1-3-2-4-3;1-5(2,3)4/h3H,2H2,1H3;(H2,1,2,3,4). The van der Waals surface area contributed by atoms with Gasteiger partial charge in [-0.25, -0.2) is 0 Å². The van der Waals surface area contributed by atoms with Gasteiger partial charge in [-0.2, -0.15) is 8.42 Å². The van der Waals surface area contributed by atoms with Crippen molar-refractivity contribution in [3.8, 4) is 0 Å². The summed E-state index contributed by atoms with van der Waals surface area (Å²) in [5.41, 5.74) is 0. The fraction of sp³-hybridized carbons (Fsp3) is 1.00. The molecule has 1 fully saturated rings. The SMILES string of the molecule is CC1CO1.O=S(=O)(O)O. The van der Waals surface area contributed by atoms with Gasteiger partial charge in [-0.15, -0.1) is 0 Å². The maximum atomic E-state index is 8.74. The maximum absolute atomic E-state index is 8.74. The lowest BCUT2D eigenvalue weighted by Gasteiger charge is -1.68. The van der Waals surface area contributed by atoms with Crippen molar-refractivity contribution < 1.29 is 22.3 Å². The molecule has 9 heavy (non-hydrogen) atoms. The first-order valence-corrected chi connectivity index (χ1v) is 3.61. The van der Waals surface area contributed by atoms with Crippen molar-refractivity contribution in [1.82, 2.24) is 0 Å². The van der Waals surface area contributed by atoms with Gasteiger partial charge in [0.2, 0.25) is 0 Å². The van der Waals surface area contributed by atoms with Crippen molar-refractivity contribution in [1.29, 1.82) is 0 Å². The smallest absolute Gasteiger partial charge is 0.373 e. The molecule has 0 aromatic heterocycles. The van der Waals surface area contributed by atoms with Crippen LogP contribution < -0.4 is 0 Å². The van der Waals surface area contributed by atoms with Crippen molar-refractivity contribution in [2.75, 3.05) is 6.61 Å². The highest BCUT2D eigenvalue weighted by Crippen LogP contribution is 2.04. The average molecular weight is 156 g/mol. The van der Waals surface area contributed by atoms with Crippen LogP contribution in [0.1, 0.15) is 6.92 Å². The van der Waals surface area contributed by atoms with E-state index in [2.05, 4.69) is 6.92 Å². The molecule has 56 valence electrons. The number of ether oxygens (including phenoxy) is 1. The Bertz CT molecular complexity index is 147. The van der Waals surface area contributed by atoms with E-state index in [9.17, 15) is 0 Å². The Morgan fingerprint density at radius 3 is 1.67 bits per heavy atom. The summed E-state index contributed by atoms with van der Waals surface area (Å²) in [6.45, 7) is 3.04. The minimum absolute atomic E-state index is 0.583. The van der Waals surface area contributed by atoms with Crippen LogP contribution in [0.25, 0.3) is 0 Å². The molecule has 5 nitrogen and oxygen atoms in total. The topological polar surface area (TPSA) is 87.1 Å². The fourth-order valence-corrected chi connectivity index (χ4v) is 0.0962. The zero-order chi connectivity index (χ0) is 7.49. The molecule has 0 aromatic rings. The highest BCUT2D eigenvalue weighted by Gasteiger charge is 2.13. The maximum Gasteiger partial charge on any atom is 0.394 e. The lowest BCUT2D eigenvalue weighted by molar-refractivity contribution is 0.381. The second-order valence-corrected chi connectivity index (χ2v) is 2.49. The van der Waals surface area contributed by atoms with E-state index in [1.165, 1.54) is 0 Å². The molecule has 2 N–H and O–H groups in total. The molecule has 1 saturated heterocycles. The monoisotopic (exact) mass is 156 g/mol. The second-order valence-electron chi connectivity index (χ2n) is 1.59. The van der Waals surface area contributed by atoms with Gasteiger partial charge < -0.3 is 4.74 Å². The molecular weight excluding hydrogens is 148 g/mol. The highest BCUT2D eigenvalue weighted by atomic mass is 32.3. The van der Waals surface area contributed by atoms with E-state index in [0.29, 0.717) is 6.10 Å². The summed E-state index contributed by atoms with van der Waals surface area (Å²) in [6.07, 6.45) is 0.583. The molecule has 0 amide bonds. The summed E-state index contributed by atoms with van der Waals surface area (Å²) in [5, 5.41) is 0. The third-order valence-corrected chi connectivity index (χ3v) is 0.500. The quantitative estimate of drug-likeness (QED) is 0.373. The van der Waals surface area contributed by atoms with Gasteiger partial charge in [0, 0.05) is 0 Å². The molecule has 1 aliphatic rings. The van der Waals surface area contributed by atoms with Crippen LogP contribution in [0.4, 0.5) is 0 Å². The van der Waals surface area contributed by atoms with Crippen molar-refractivity contribution >= 4 is 10.4 Å². The predicted octanol–water partition coefficient (Wildman–Crippen LogP) is -0.248. The third kappa shape index (κ3) is 33.2. The Morgan fingerprint density at radius 1 is 1.56 bits per heavy atom. The Hall–Kier alpha value is -0.170. The predicted molar refractivity (Wildman–Crippen MR) is 29.6 cm³/mol. The largest absolute Gasteiger partial charge is 0.394 e. The molecule has 6 heteroatoms. The van der Waals surface area contributed by atoms with Crippen LogP contribution in [-0.2, 0) is 15.1 Å². The zero-order valence-corrected chi connectivity index (χ0v) is 5.63. The lowest BCUT2D eigenvalue weighted by atomic mass is 10.6. The molecule has 1 aliphatic heterocycles. The van der Waals surface area contributed by atoms with Gasteiger partial charge in [0.25, 0.3) is 0 Å². The highest BCUT2D eigenvalue weighted by molar-refractivity contribution is 7.79. The molecule has 1 heterocycles.